The Bertz CT molecular complexity index is 1110. The number of aliphatic hydroxyl groups excluding tert-OH is 2. The van der Waals surface area contributed by atoms with Gasteiger partial charge >= 0.3 is 5.97 Å². The lowest BCUT2D eigenvalue weighted by Gasteiger charge is -2.22. The summed E-state index contributed by atoms with van der Waals surface area (Å²) in [6.07, 6.45) is 74.9. The first kappa shape index (κ1) is 69.3. The zero-order valence-corrected chi connectivity index (χ0v) is 48.0. The van der Waals surface area contributed by atoms with Gasteiger partial charge in [0.1, 0.15) is 0 Å². The smallest absolute Gasteiger partial charge is 0.305 e. The quantitative estimate of drug-likeness (QED) is 0.0320. The van der Waals surface area contributed by atoms with Crippen LogP contribution in [0.2, 0.25) is 0 Å². The number of ether oxygens (including phenoxy) is 1. The fourth-order valence-electron chi connectivity index (χ4n) is 10.1. The van der Waals surface area contributed by atoms with Crippen LogP contribution in [0, 0.1) is 0 Å². The highest BCUT2D eigenvalue weighted by atomic mass is 16.5. The van der Waals surface area contributed by atoms with Crippen molar-refractivity contribution in [2.45, 2.75) is 366 Å². The monoisotopic (exact) mass is 1000 g/mol. The van der Waals surface area contributed by atoms with Gasteiger partial charge in [-0.25, -0.2) is 0 Å². The number of esters is 1. The highest BCUT2D eigenvalue weighted by Crippen LogP contribution is 2.18. The normalized spacial score (nSPS) is 12.7. The number of aliphatic hydroxyl groups is 2. The van der Waals surface area contributed by atoms with Crippen molar-refractivity contribution in [2.24, 2.45) is 0 Å². The van der Waals surface area contributed by atoms with Crippen LogP contribution in [0.1, 0.15) is 354 Å². The molecule has 0 saturated carbocycles. The Morgan fingerprint density at radius 3 is 1.07 bits per heavy atom. The third-order valence-corrected chi connectivity index (χ3v) is 15.0. The van der Waals surface area contributed by atoms with Gasteiger partial charge < -0.3 is 20.3 Å². The highest BCUT2D eigenvalue weighted by Gasteiger charge is 2.20. The summed E-state index contributed by atoms with van der Waals surface area (Å²) in [4.78, 5) is 24.5. The Morgan fingerprint density at radius 2 is 0.704 bits per heavy atom. The number of carbonyl (C=O) groups excluding carboxylic acids is 2. The third kappa shape index (κ3) is 57.5. The summed E-state index contributed by atoms with van der Waals surface area (Å²) in [7, 11) is 0. The topological polar surface area (TPSA) is 95.9 Å². The number of amides is 1. The first-order chi connectivity index (χ1) is 35.0. The van der Waals surface area contributed by atoms with Crippen molar-refractivity contribution in [3.63, 3.8) is 0 Å². The summed E-state index contributed by atoms with van der Waals surface area (Å²) in [5.41, 5.74) is 0. The summed E-state index contributed by atoms with van der Waals surface area (Å²) in [6.45, 7) is 4.96. The van der Waals surface area contributed by atoms with E-state index in [1.165, 1.54) is 276 Å². The summed E-state index contributed by atoms with van der Waals surface area (Å²) >= 11 is 0. The molecule has 420 valence electrons. The molecule has 2 atom stereocenters. The molecule has 0 saturated heterocycles. The van der Waals surface area contributed by atoms with E-state index >= 15 is 0 Å². The van der Waals surface area contributed by atoms with Crippen LogP contribution in [0.3, 0.4) is 0 Å². The Balaban J connectivity index is 3.38. The van der Waals surface area contributed by atoms with Gasteiger partial charge in [0.05, 0.1) is 25.4 Å². The van der Waals surface area contributed by atoms with E-state index < -0.39 is 12.1 Å². The zero-order valence-electron chi connectivity index (χ0n) is 48.0. The van der Waals surface area contributed by atoms with E-state index in [0.29, 0.717) is 25.9 Å². The van der Waals surface area contributed by atoms with Crippen LogP contribution in [0.4, 0.5) is 0 Å². The molecule has 71 heavy (non-hydrogen) atoms. The van der Waals surface area contributed by atoms with Crippen molar-refractivity contribution in [2.75, 3.05) is 13.2 Å². The van der Waals surface area contributed by atoms with Crippen LogP contribution in [-0.2, 0) is 14.3 Å². The van der Waals surface area contributed by atoms with E-state index in [4.69, 9.17) is 4.74 Å². The van der Waals surface area contributed by atoms with E-state index in [9.17, 15) is 19.8 Å². The molecule has 0 aromatic carbocycles. The standard InChI is InChI=1S/C65H125NO5/c1-3-5-7-9-11-13-15-16-17-18-26-30-33-36-39-43-47-51-55-59-65(70)71-60-56-52-48-44-40-37-34-31-28-25-23-21-19-20-22-24-27-29-32-35-38-42-46-50-54-58-64(69)66-62(61-67)63(68)57-53-49-45-41-14-12-10-8-6-4-2/h20-23,62-63,67-68H,3-19,24-61H2,1-2H3,(H,66,69)/b22-20-,23-21-. The summed E-state index contributed by atoms with van der Waals surface area (Å²) in [5.74, 6) is -0.0277. The molecular weight excluding hydrogens is 875 g/mol. The van der Waals surface area contributed by atoms with Crippen molar-refractivity contribution >= 4 is 11.9 Å². The lowest BCUT2D eigenvalue weighted by Crippen LogP contribution is -2.45. The second-order valence-electron chi connectivity index (χ2n) is 22.1. The average Bonchev–Trinajstić information content (AvgIpc) is 3.37. The second-order valence-corrected chi connectivity index (χ2v) is 22.1. The van der Waals surface area contributed by atoms with E-state index in [2.05, 4.69) is 43.5 Å². The van der Waals surface area contributed by atoms with Crippen LogP contribution >= 0.6 is 0 Å². The molecule has 0 aromatic heterocycles. The highest BCUT2D eigenvalue weighted by molar-refractivity contribution is 5.76. The van der Waals surface area contributed by atoms with Crippen LogP contribution in [0.25, 0.3) is 0 Å². The third-order valence-electron chi connectivity index (χ3n) is 15.0. The van der Waals surface area contributed by atoms with Crippen molar-refractivity contribution < 1.29 is 24.5 Å². The van der Waals surface area contributed by atoms with Crippen LogP contribution in [0.15, 0.2) is 24.3 Å². The van der Waals surface area contributed by atoms with Crippen LogP contribution < -0.4 is 5.32 Å². The van der Waals surface area contributed by atoms with Gasteiger partial charge in [-0.2, -0.15) is 0 Å². The first-order valence-corrected chi connectivity index (χ1v) is 32.1. The van der Waals surface area contributed by atoms with Gasteiger partial charge in [0.25, 0.3) is 0 Å². The minimum atomic E-state index is -0.666. The summed E-state index contributed by atoms with van der Waals surface area (Å²) in [5, 5.41) is 23.1. The van der Waals surface area contributed by atoms with Gasteiger partial charge in [0, 0.05) is 12.8 Å². The van der Waals surface area contributed by atoms with Gasteiger partial charge in [0.2, 0.25) is 5.91 Å². The molecule has 0 fully saturated rings. The number of hydrogen-bond donors (Lipinski definition) is 3. The molecule has 6 nitrogen and oxygen atoms in total. The minimum absolute atomic E-state index is 0.0141. The molecule has 6 heteroatoms. The van der Waals surface area contributed by atoms with E-state index in [-0.39, 0.29) is 18.5 Å². The number of unbranched alkanes of at least 4 members (excludes halogenated alkanes) is 45. The molecule has 0 rings (SSSR count). The summed E-state index contributed by atoms with van der Waals surface area (Å²) in [6, 6.07) is -0.544. The maximum absolute atomic E-state index is 12.4. The van der Waals surface area contributed by atoms with Gasteiger partial charge in [-0.3, -0.25) is 9.59 Å². The lowest BCUT2D eigenvalue weighted by atomic mass is 10.0. The molecule has 0 aliphatic rings. The SMILES string of the molecule is CCCCCCCCCCCCCCCCCCCCCC(=O)OCCCCCCCCCCC/C=C\C/C=C\CCCCCCCCCCCC(=O)NC(CO)C(O)CCCCCCCCCCCC. The van der Waals surface area contributed by atoms with E-state index in [0.717, 1.165) is 44.9 Å². The Hall–Kier alpha value is -1.66. The molecule has 0 spiro atoms. The van der Waals surface area contributed by atoms with Crippen molar-refractivity contribution in [3.05, 3.63) is 24.3 Å². The summed E-state index contributed by atoms with van der Waals surface area (Å²) < 4.78 is 5.50. The lowest BCUT2D eigenvalue weighted by molar-refractivity contribution is -0.143. The van der Waals surface area contributed by atoms with Gasteiger partial charge in [-0.05, 0) is 57.8 Å². The Kier molecular flexibility index (Phi) is 59.5. The number of carbonyl (C=O) groups is 2. The maximum atomic E-state index is 12.4. The molecular formula is C65H125NO5. The van der Waals surface area contributed by atoms with Gasteiger partial charge in [-0.1, -0.05) is 308 Å². The first-order valence-electron chi connectivity index (χ1n) is 32.1. The predicted octanol–water partition coefficient (Wildman–Crippen LogP) is 20.2. The molecule has 0 bridgehead atoms. The van der Waals surface area contributed by atoms with Gasteiger partial charge in [-0.15, -0.1) is 0 Å². The molecule has 3 N–H and O–H groups in total. The molecule has 0 radical (unpaired) electrons. The number of hydrogen-bond acceptors (Lipinski definition) is 5. The minimum Gasteiger partial charge on any atom is -0.466 e. The van der Waals surface area contributed by atoms with Crippen LogP contribution in [-0.4, -0.2) is 47.4 Å². The predicted molar refractivity (Wildman–Crippen MR) is 310 cm³/mol. The molecule has 0 heterocycles. The maximum Gasteiger partial charge on any atom is 0.305 e. The Labute approximate surface area is 443 Å². The van der Waals surface area contributed by atoms with E-state index in [1.54, 1.807) is 0 Å². The molecule has 2 unspecified atom stereocenters. The van der Waals surface area contributed by atoms with E-state index in [1.807, 2.05) is 0 Å². The number of rotatable bonds is 60. The van der Waals surface area contributed by atoms with Crippen LogP contribution in [0.5, 0.6) is 0 Å². The fourth-order valence-corrected chi connectivity index (χ4v) is 10.1. The molecule has 0 aliphatic carbocycles. The average molecular weight is 1000 g/mol. The van der Waals surface area contributed by atoms with Crippen molar-refractivity contribution in [1.82, 2.24) is 5.32 Å². The number of allylic oxidation sites excluding steroid dienone is 4. The van der Waals surface area contributed by atoms with Gasteiger partial charge in [0.15, 0.2) is 0 Å². The molecule has 0 aromatic rings. The fraction of sp³-hybridized carbons (Fsp3) is 0.908. The second kappa shape index (κ2) is 60.9. The van der Waals surface area contributed by atoms with Crippen molar-refractivity contribution in [1.29, 1.82) is 0 Å². The zero-order chi connectivity index (χ0) is 51.4. The Morgan fingerprint density at radius 1 is 0.394 bits per heavy atom. The molecule has 1 amide bonds. The largest absolute Gasteiger partial charge is 0.466 e. The van der Waals surface area contributed by atoms with Crippen molar-refractivity contribution in [3.8, 4) is 0 Å². The molecule has 0 aliphatic heterocycles. The number of nitrogens with one attached hydrogen (secondary N) is 1.